The Morgan fingerprint density at radius 1 is 1.24 bits per heavy atom. The van der Waals surface area contributed by atoms with Crippen LogP contribution in [0, 0.1) is 0 Å². The first-order chi connectivity index (χ1) is 8.34. The quantitative estimate of drug-likeness (QED) is 0.718. The maximum Gasteiger partial charge on any atom is 0.127 e. The molecule has 2 N–H and O–H groups in total. The van der Waals surface area contributed by atoms with Crippen molar-refractivity contribution in [2.45, 2.75) is 9.92 Å². The van der Waals surface area contributed by atoms with E-state index in [-0.39, 0.29) is 0 Å². The molecule has 0 radical (unpaired) electrons. The number of fused-ring (bicyclic) bond motifs is 1. The molecule has 84 valence electrons. The minimum Gasteiger partial charge on any atom is -0.397 e. The zero-order chi connectivity index (χ0) is 11.7. The van der Waals surface area contributed by atoms with Gasteiger partial charge in [0, 0.05) is 16.5 Å². The lowest BCUT2D eigenvalue weighted by Gasteiger charge is -2.04. The van der Waals surface area contributed by atoms with Gasteiger partial charge in [0.25, 0.3) is 0 Å². The molecule has 17 heavy (non-hydrogen) atoms. The summed E-state index contributed by atoms with van der Waals surface area (Å²) in [7, 11) is 0. The van der Waals surface area contributed by atoms with E-state index in [4.69, 9.17) is 5.73 Å². The van der Waals surface area contributed by atoms with Crippen LogP contribution in [0.2, 0.25) is 0 Å². The van der Waals surface area contributed by atoms with Gasteiger partial charge in [0.1, 0.15) is 16.2 Å². The molecule has 0 atom stereocenters. The van der Waals surface area contributed by atoms with Crippen LogP contribution < -0.4 is 5.73 Å². The molecule has 6 heteroatoms. The molecule has 0 aliphatic rings. The second kappa shape index (κ2) is 4.31. The van der Waals surface area contributed by atoms with Gasteiger partial charge in [0.15, 0.2) is 0 Å². The van der Waals surface area contributed by atoms with E-state index in [9.17, 15) is 0 Å². The summed E-state index contributed by atoms with van der Waals surface area (Å²) in [5.74, 6) is 0. The van der Waals surface area contributed by atoms with E-state index in [2.05, 4.69) is 15.0 Å². The Morgan fingerprint density at radius 3 is 3.06 bits per heavy atom. The maximum absolute atomic E-state index is 5.86. The summed E-state index contributed by atoms with van der Waals surface area (Å²) in [5, 5.41) is 4.01. The summed E-state index contributed by atoms with van der Waals surface area (Å²) in [6.45, 7) is 0. The minimum absolute atomic E-state index is 0.666. The fourth-order valence-corrected chi connectivity index (χ4v) is 3.12. The summed E-state index contributed by atoms with van der Waals surface area (Å²) >= 11 is 3.15. The molecule has 4 nitrogen and oxygen atoms in total. The number of rotatable bonds is 2. The van der Waals surface area contributed by atoms with E-state index in [1.807, 2.05) is 17.5 Å². The van der Waals surface area contributed by atoms with Crippen LogP contribution in [-0.4, -0.2) is 15.0 Å². The number of anilines is 1. The first-order valence-corrected chi connectivity index (χ1v) is 6.60. The van der Waals surface area contributed by atoms with Crippen LogP contribution in [0.15, 0.2) is 46.2 Å². The predicted octanol–water partition coefficient (Wildman–Crippen LogP) is 2.82. The SMILES string of the molecule is Nc1cnccc1Sc1ncnc2sccc12. The summed E-state index contributed by atoms with van der Waals surface area (Å²) in [6, 6.07) is 3.92. The Bertz CT molecular complexity index is 665. The molecule has 0 unspecified atom stereocenters. The fraction of sp³-hybridized carbons (Fsp3) is 0. The van der Waals surface area contributed by atoms with Crippen molar-refractivity contribution in [2.75, 3.05) is 5.73 Å². The number of hydrogen-bond acceptors (Lipinski definition) is 6. The highest BCUT2D eigenvalue weighted by Crippen LogP contribution is 2.34. The number of hydrogen-bond donors (Lipinski definition) is 1. The van der Waals surface area contributed by atoms with Gasteiger partial charge in [-0.05, 0) is 17.5 Å². The van der Waals surface area contributed by atoms with Gasteiger partial charge in [0.2, 0.25) is 0 Å². The molecule has 0 saturated heterocycles. The Balaban J connectivity index is 2.06. The molecule has 3 aromatic rings. The van der Waals surface area contributed by atoms with Crippen LogP contribution in [0.4, 0.5) is 5.69 Å². The van der Waals surface area contributed by atoms with Gasteiger partial charge in [0.05, 0.1) is 11.9 Å². The largest absolute Gasteiger partial charge is 0.397 e. The molecular weight excluding hydrogens is 252 g/mol. The Hall–Kier alpha value is -1.66. The molecule has 0 amide bonds. The smallest absolute Gasteiger partial charge is 0.127 e. The van der Waals surface area contributed by atoms with Crippen molar-refractivity contribution in [3.8, 4) is 0 Å². The summed E-state index contributed by atoms with van der Waals surface area (Å²) < 4.78 is 0. The van der Waals surface area contributed by atoms with Crippen molar-refractivity contribution in [3.63, 3.8) is 0 Å². The lowest BCUT2D eigenvalue weighted by Crippen LogP contribution is -1.90. The highest BCUT2D eigenvalue weighted by atomic mass is 32.2. The van der Waals surface area contributed by atoms with Crippen LogP contribution >= 0.6 is 23.1 Å². The number of aromatic nitrogens is 3. The lowest BCUT2D eigenvalue weighted by molar-refractivity contribution is 1.11. The maximum atomic E-state index is 5.86. The topological polar surface area (TPSA) is 64.7 Å². The molecule has 0 aliphatic heterocycles. The fourth-order valence-electron chi connectivity index (χ4n) is 1.44. The van der Waals surface area contributed by atoms with Crippen molar-refractivity contribution in [1.82, 2.24) is 15.0 Å². The molecule has 3 heterocycles. The summed E-state index contributed by atoms with van der Waals surface area (Å²) in [5.41, 5.74) is 6.53. The number of pyridine rings is 1. The normalized spacial score (nSPS) is 10.8. The first kappa shape index (κ1) is 10.5. The van der Waals surface area contributed by atoms with Crippen LogP contribution in [0.1, 0.15) is 0 Å². The zero-order valence-electron chi connectivity index (χ0n) is 8.70. The molecule has 0 spiro atoms. The van der Waals surface area contributed by atoms with Crippen LogP contribution in [0.3, 0.4) is 0 Å². The number of thiophene rings is 1. The second-order valence-electron chi connectivity index (χ2n) is 3.33. The van der Waals surface area contributed by atoms with Crippen molar-refractivity contribution < 1.29 is 0 Å². The van der Waals surface area contributed by atoms with Gasteiger partial charge in [-0.15, -0.1) is 11.3 Å². The molecule has 3 rings (SSSR count). The van der Waals surface area contributed by atoms with Gasteiger partial charge in [-0.25, -0.2) is 9.97 Å². The van der Waals surface area contributed by atoms with E-state index in [0.717, 1.165) is 20.1 Å². The monoisotopic (exact) mass is 260 g/mol. The van der Waals surface area contributed by atoms with Gasteiger partial charge < -0.3 is 5.73 Å². The van der Waals surface area contributed by atoms with Crippen molar-refractivity contribution >= 4 is 39.0 Å². The average molecular weight is 260 g/mol. The van der Waals surface area contributed by atoms with E-state index in [1.54, 1.807) is 30.1 Å². The van der Waals surface area contributed by atoms with Crippen molar-refractivity contribution in [3.05, 3.63) is 36.2 Å². The molecule has 0 saturated carbocycles. The third-order valence-corrected chi connectivity index (χ3v) is 4.17. The van der Waals surface area contributed by atoms with Gasteiger partial charge in [-0.3, -0.25) is 4.98 Å². The lowest BCUT2D eigenvalue weighted by atomic mass is 10.4. The van der Waals surface area contributed by atoms with Crippen LogP contribution in [0.5, 0.6) is 0 Å². The standard InChI is InChI=1S/C11H8N4S2/c12-8-5-13-3-1-9(8)17-11-7-2-4-16-10(7)14-6-15-11/h1-6H,12H2. The summed E-state index contributed by atoms with van der Waals surface area (Å²) in [4.78, 5) is 14.4. The van der Waals surface area contributed by atoms with Crippen LogP contribution in [-0.2, 0) is 0 Å². The first-order valence-electron chi connectivity index (χ1n) is 4.90. The van der Waals surface area contributed by atoms with Crippen molar-refractivity contribution in [2.24, 2.45) is 0 Å². The second-order valence-corrected chi connectivity index (χ2v) is 5.26. The molecule has 0 aromatic carbocycles. The zero-order valence-corrected chi connectivity index (χ0v) is 10.3. The predicted molar refractivity (Wildman–Crippen MR) is 70.2 cm³/mol. The third-order valence-electron chi connectivity index (χ3n) is 2.24. The minimum atomic E-state index is 0.666. The average Bonchev–Trinajstić information content (AvgIpc) is 2.81. The molecule has 0 bridgehead atoms. The highest BCUT2D eigenvalue weighted by Gasteiger charge is 2.08. The number of nitrogens with zero attached hydrogens (tertiary/aromatic N) is 3. The molecule has 0 fully saturated rings. The number of nitrogen functional groups attached to an aromatic ring is 1. The van der Waals surface area contributed by atoms with E-state index in [1.165, 1.54) is 11.8 Å². The molecule has 3 aromatic heterocycles. The highest BCUT2D eigenvalue weighted by molar-refractivity contribution is 7.99. The van der Waals surface area contributed by atoms with Gasteiger partial charge in [-0.2, -0.15) is 0 Å². The van der Waals surface area contributed by atoms with E-state index >= 15 is 0 Å². The Morgan fingerprint density at radius 2 is 2.18 bits per heavy atom. The molecule has 0 aliphatic carbocycles. The van der Waals surface area contributed by atoms with Gasteiger partial charge >= 0.3 is 0 Å². The molecular formula is C11H8N4S2. The van der Waals surface area contributed by atoms with Crippen molar-refractivity contribution in [1.29, 1.82) is 0 Å². The van der Waals surface area contributed by atoms with Crippen LogP contribution in [0.25, 0.3) is 10.2 Å². The van der Waals surface area contributed by atoms with Gasteiger partial charge in [-0.1, -0.05) is 11.8 Å². The summed E-state index contributed by atoms with van der Waals surface area (Å²) in [6.07, 6.45) is 4.96. The Kier molecular flexibility index (Phi) is 2.66. The van der Waals surface area contributed by atoms with E-state index < -0.39 is 0 Å². The van der Waals surface area contributed by atoms with E-state index in [0.29, 0.717) is 5.69 Å². The number of nitrogens with two attached hydrogens (primary N) is 1. The Labute approximate surface area is 106 Å². The third kappa shape index (κ3) is 1.96.